The fraction of sp³-hybridized carbons (Fsp3) is 0.500. The van der Waals surface area contributed by atoms with Crippen molar-refractivity contribution in [1.82, 2.24) is 4.98 Å². The summed E-state index contributed by atoms with van der Waals surface area (Å²) in [5.41, 5.74) is 6.02. The van der Waals surface area contributed by atoms with Crippen LogP contribution in [-0.4, -0.2) is 22.1 Å². The topological polar surface area (TPSA) is 88.2 Å². The molecular weight excluding hydrogens is 218 g/mol. The van der Waals surface area contributed by atoms with Crippen LogP contribution in [0.15, 0.2) is 12.3 Å². The van der Waals surface area contributed by atoms with Gasteiger partial charge in [0.05, 0.1) is 11.9 Å². The second-order valence-electron chi connectivity index (χ2n) is 4.01. The first kappa shape index (κ1) is 13.3. The van der Waals surface area contributed by atoms with Crippen LogP contribution in [0.5, 0.6) is 0 Å². The summed E-state index contributed by atoms with van der Waals surface area (Å²) >= 11 is 0. The number of aromatic carboxylic acids is 1. The maximum absolute atomic E-state index is 11.1. The van der Waals surface area contributed by atoms with Crippen LogP contribution in [0.3, 0.4) is 0 Å². The fourth-order valence-corrected chi connectivity index (χ4v) is 1.68. The summed E-state index contributed by atoms with van der Waals surface area (Å²) in [6, 6.07) is 1.67. The van der Waals surface area contributed by atoms with Crippen LogP contribution >= 0.6 is 0 Å². The highest BCUT2D eigenvalue weighted by molar-refractivity contribution is 5.94. The molecule has 17 heavy (non-hydrogen) atoms. The molecule has 1 atom stereocenters. The molecule has 94 valence electrons. The molecule has 0 fully saturated rings. The smallest absolute Gasteiger partial charge is 0.339 e. The minimum absolute atomic E-state index is 0.125. The molecule has 4 N–H and O–H groups in total. The molecular formula is C12H19N3O2. The molecule has 5 nitrogen and oxygen atoms in total. The molecule has 0 aliphatic heterocycles. The first-order valence-corrected chi connectivity index (χ1v) is 5.83. The van der Waals surface area contributed by atoms with Crippen molar-refractivity contribution in [3.63, 3.8) is 0 Å². The summed E-state index contributed by atoms with van der Waals surface area (Å²) in [7, 11) is 0. The van der Waals surface area contributed by atoms with E-state index in [4.69, 9.17) is 10.8 Å². The van der Waals surface area contributed by atoms with Crippen LogP contribution in [0.25, 0.3) is 0 Å². The Morgan fingerprint density at radius 2 is 2.29 bits per heavy atom. The van der Waals surface area contributed by atoms with E-state index < -0.39 is 5.97 Å². The minimum atomic E-state index is -1.02. The van der Waals surface area contributed by atoms with E-state index in [0.29, 0.717) is 11.5 Å². The number of nitrogens with one attached hydrogen (secondary N) is 1. The third kappa shape index (κ3) is 3.62. The molecule has 1 aromatic heterocycles. The Labute approximate surface area is 101 Å². The van der Waals surface area contributed by atoms with Crippen molar-refractivity contribution < 1.29 is 9.90 Å². The number of nitrogen functional groups attached to an aromatic ring is 1. The molecule has 0 radical (unpaired) electrons. The number of carboxylic acid groups (broad SMARTS) is 1. The zero-order chi connectivity index (χ0) is 12.8. The molecule has 0 aliphatic rings. The molecule has 1 aromatic rings. The molecule has 1 unspecified atom stereocenters. The number of pyridine rings is 1. The maximum atomic E-state index is 11.1. The second kappa shape index (κ2) is 6.08. The van der Waals surface area contributed by atoms with Gasteiger partial charge in [-0.15, -0.1) is 0 Å². The monoisotopic (exact) mass is 237 g/mol. The zero-order valence-electron chi connectivity index (χ0n) is 10.2. The third-order valence-electron chi connectivity index (χ3n) is 2.61. The highest BCUT2D eigenvalue weighted by Crippen LogP contribution is 2.18. The number of nitrogens with two attached hydrogens (primary N) is 1. The lowest BCUT2D eigenvalue weighted by atomic mass is 10.1. The SMILES string of the molecule is CCCC(CC)Nc1ncc(N)cc1C(=O)O. The molecule has 0 spiro atoms. The number of carbonyl (C=O) groups is 1. The van der Waals surface area contributed by atoms with Crippen molar-refractivity contribution in [2.24, 2.45) is 0 Å². The summed E-state index contributed by atoms with van der Waals surface area (Å²) in [6.45, 7) is 4.16. The van der Waals surface area contributed by atoms with E-state index in [1.165, 1.54) is 12.3 Å². The number of anilines is 2. The van der Waals surface area contributed by atoms with Crippen LogP contribution in [0.1, 0.15) is 43.5 Å². The summed E-state index contributed by atoms with van der Waals surface area (Å²) < 4.78 is 0. The van der Waals surface area contributed by atoms with Crippen molar-refractivity contribution in [3.8, 4) is 0 Å². The van der Waals surface area contributed by atoms with E-state index in [9.17, 15) is 4.79 Å². The van der Waals surface area contributed by atoms with Crippen LogP contribution in [0, 0.1) is 0 Å². The van der Waals surface area contributed by atoms with E-state index in [0.717, 1.165) is 19.3 Å². The average Bonchev–Trinajstić information content (AvgIpc) is 2.30. The summed E-state index contributed by atoms with van der Waals surface area (Å²) in [4.78, 5) is 15.1. The van der Waals surface area contributed by atoms with Crippen LogP contribution in [0.4, 0.5) is 11.5 Å². The zero-order valence-corrected chi connectivity index (χ0v) is 10.2. The van der Waals surface area contributed by atoms with E-state index in [1.807, 2.05) is 0 Å². The van der Waals surface area contributed by atoms with Gasteiger partial charge < -0.3 is 16.2 Å². The number of aromatic nitrogens is 1. The van der Waals surface area contributed by atoms with Gasteiger partial charge in [-0.05, 0) is 18.9 Å². The van der Waals surface area contributed by atoms with Gasteiger partial charge in [-0.2, -0.15) is 0 Å². The molecule has 0 bridgehead atoms. The van der Waals surface area contributed by atoms with Gasteiger partial charge in [-0.1, -0.05) is 20.3 Å². The quantitative estimate of drug-likeness (QED) is 0.706. The van der Waals surface area contributed by atoms with Gasteiger partial charge >= 0.3 is 5.97 Å². The Morgan fingerprint density at radius 3 is 2.82 bits per heavy atom. The molecule has 1 rings (SSSR count). The van der Waals surface area contributed by atoms with Gasteiger partial charge in [-0.3, -0.25) is 0 Å². The van der Waals surface area contributed by atoms with Gasteiger partial charge in [0, 0.05) is 6.04 Å². The van der Waals surface area contributed by atoms with E-state index in [2.05, 4.69) is 24.1 Å². The lowest BCUT2D eigenvalue weighted by Gasteiger charge is -2.18. The van der Waals surface area contributed by atoms with Gasteiger partial charge in [0.2, 0.25) is 0 Å². The van der Waals surface area contributed by atoms with Crippen LogP contribution in [0.2, 0.25) is 0 Å². The highest BCUT2D eigenvalue weighted by Gasteiger charge is 2.14. The Bertz CT molecular complexity index is 393. The predicted molar refractivity (Wildman–Crippen MR) is 68.2 cm³/mol. The Balaban J connectivity index is 2.92. The molecule has 0 aliphatic carbocycles. The van der Waals surface area contributed by atoms with Gasteiger partial charge in [-0.25, -0.2) is 9.78 Å². The van der Waals surface area contributed by atoms with Crippen molar-refractivity contribution in [2.45, 2.75) is 39.2 Å². The minimum Gasteiger partial charge on any atom is -0.478 e. The maximum Gasteiger partial charge on any atom is 0.339 e. The normalized spacial score (nSPS) is 12.1. The van der Waals surface area contributed by atoms with E-state index in [1.54, 1.807) is 0 Å². The number of nitrogens with zero attached hydrogens (tertiary/aromatic N) is 1. The Morgan fingerprint density at radius 1 is 1.59 bits per heavy atom. The number of hydrogen-bond donors (Lipinski definition) is 3. The highest BCUT2D eigenvalue weighted by atomic mass is 16.4. The Hall–Kier alpha value is -1.78. The van der Waals surface area contributed by atoms with Crippen LogP contribution < -0.4 is 11.1 Å². The largest absolute Gasteiger partial charge is 0.478 e. The molecule has 0 saturated heterocycles. The Kier molecular flexibility index (Phi) is 4.75. The van der Waals surface area contributed by atoms with Crippen molar-refractivity contribution >= 4 is 17.5 Å². The molecule has 5 heteroatoms. The first-order valence-electron chi connectivity index (χ1n) is 5.83. The van der Waals surface area contributed by atoms with Crippen LogP contribution in [-0.2, 0) is 0 Å². The standard InChI is InChI=1S/C12H19N3O2/c1-3-5-9(4-2)15-11-10(12(16)17)6-8(13)7-14-11/h6-7,9H,3-5,13H2,1-2H3,(H,14,15)(H,16,17). The molecule has 1 heterocycles. The van der Waals surface area contributed by atoms with Gasteiger partial charge in [0.25, 0.3) is 0 Å². The number of carboxylic acids is 1. The van der Waals surface area contributed by atoms with E-state index >= 15 is 0 Å². The first-order chi connectivity index (χ1) is 8.08. The molecule has 0 saturated carbocycles. The molecule has 0 aromatic carbocycles. The van der Waals surface area contributed by atoms with Crippen molar-refractivity contribution in [2.75, 3.05) is 11.1 Å². The second-order valence-corrected chi connectivity index (χ2v) is 4.01. The number of rotatable bonds is 6. The lowest BCUT2D eigenvalue weighted by molar-refractivity contribution is 0.0697. The lowest BCUT2D eigenvalue weighted by Crippen LogP contribution is -2.21. The fourth-order valence-electron chi connectivity index (χ4n) is 1.68. The predicted octanol–water partition coefficient (Wildman–Crippen LogP) is 2.35. The summed E-state index contributed by atoms with van der Waals surface area (Å²) in [6.07, 6.45) is 4.43. The summed E-state index contributed by atoms with van der Waals surface area (Å²) in [5.74, 6) is -0.620. The van der Waals surface area contributed by atoms with Gasteiger partial charge in [0.1, 0.15) is 11.4 Å². The van der Waals surface area contributed by atoms with Gasteiger partial charge in [0.15, 0.2) is 0 Å². The van der Waals surface area contributed by atoms with Crippen molar-refractivity contribution in [3.05, 3.63) is 17.8 Å². The molecule has 0 amide bonds. The third-order valence-corrected chi connectivity index (χ3v) is 2.61. The average molecular weight is 237 g/mol. The van der Waals surface area contributed by atoms with E-state index in [-0.39, 0.29) is 11.6 Å². The summed E-state index contributed by atoms with van der Waals surface area (Å²) in [5, 5.41) is 12.2. The number of hydrogen-bond acceptors (Lipinski definition) is 4. The van der Waals surface area contributed by atoms with Crippen molar-refractivity contribution in [1.29, 1.82) is 0 Å².